The van der Waals surface area contributed by atoms with Gasteiger partial charge in [-0.25, -0.2) is 0 Å². The van der Waals surface area contributed by atoms with Gasteiger partial charge in [-0.05, 0) is 62.0 Å². The van der Waals surface area contributed by atoms with E-state index in [1.165, 1.54) is 5.57 Å². The number of carbonyl (C=O) groups is 1. The van der Waals surface area contributed by atoms with E-state index in [0.29, 0.717) is 43.0 Å². The van der Waals surface area contributed by atoms with Crippen molar-refractivity contribution in [3.05, 3.63) is 35.6 Å². The van der Waals surface area contributed by atoms with Crippen molar-refractivity contribution in [3.8, 4) is 0 Å². The first-order valence-corrected chi connectivity index (χ1v) is 10.5. The van der Waals surface area contributed by atoms with Crippen LogP contribution in [0.4, 0.5) is 0 Å². The lowest BCUT2D eigenvalue weighted by molar-refractivity contribution is -0.146. The lowest BCUT2D eigenvalue weighted by Crippen LogP contribution is -2.55. The molecule has 4 aliphatic carbocycles. The summed E-state index contributed by atoms with van der Waals surface area (Å²) in [7, 11) is 0. The first-order valence-electron chi connectivity index (χ1n) is 10.5. The van der Waals surface area contributed by atoms with Crippen LogP contribution in [0.15, 0.2) is 35.6 Å². The number of rotatable bonds is 4. The monoisotopic (exact) mass is 372 g/mol. The standard InChI is InChI=1S/C23H32O4/c1-3-27-16-6-8-17-15(13-16)5-7-18-19-9-11-23(26,10-4-12-24)22(19,2)14-20(25)21(17)18/h4-5,10,13,17-19,21,24,26H,3,6-9,11-12,14H2,1-2H3/b10-4-/t17-,18-,19-,21+,22-,23-/m0/s1. The lowest BCUT2D eigenvalue weighted by atomic mass is 9.51. The average Bonchev–Trinajstić information content (AvgIpc) is 2.91. The smallest absolute Gasteiger partial charge is 0.137 e. The fourth-order valence-corrected chi connectivity index (χ4v) is 6.59. The van der Waals surface area contributed by atoms with E-state index in [9.17, 15) is 9.90 Å². The van der Waals surface area contributed by atoms with Gasteiger partial charge in [-0.15, -0.1) is 0 Å². The first-order chi connectivity index (χ1) is 12.9. The van der Waals surface area contributed by atoms with Crippen molar-refractivity contribution >= 4 is 5.78 Å². The van der Waals surface area contributed by atoms with Gasteiger partial charge in [-0.1, -0.05) is 25.2 Å². The highest BCUT2D eigenvalue weighted by Crippen LogP contribution is 2.63. The Labute approximate surface area is 162 Å². The maximum atomic E-state index is 13.3. The summed E-state index contributed by atoms with van der Waals surface area (Å²) >= 11 is 0. The summed E-state index contributed by atoms with van der Waals surface area (Å²) in [5.41, 5.74) is -0.126. The molecule has 2 fully saturated rings. The van der Waals surface area contributed by atoms with Crippen molar-refractivity contribution < 1.29 is 19.7 Å². The molecule has 0 unspecified atom stereocenters. The molecule has 0 aromatic rings. The highest BCUT2D eigenvalue weighted by atomic mass is 16.5. The molecule has 0 aromatic heterocycles. The molecule has 0 radical (unpaired) electrons. The van der Waals surface area contributed by atoms with Crippen LogP contribution in [0.25, 0.3) is 0 Å². The molecule has 0 amide bonds. The van der Waals surface area contributed by atoms with Crippen LogP contribution in [0.5, 0.6) is 0 Å². The largest absolute Gasteiger partial charge is 0.498 e. The fourth-order valence-electron chi connectivity index (χ4n) is 6.59. The third-order valence-corrected chi connectivity index (χ3v) is 7.88. The molecule has 2 saturated carbocycles. The molecule has 0 aliphatic heterocycles. The van der Waals surface area contributed by atoms with E-state index in [1.807, 2.05) is 6.92 Å². The van der Waals surface area contributed by atoms with Crippen molar-refractivity contribution in [1.29, 1.82) is 0 Å². The number of hydrogen-bond donors (Lipinski definition) is 2. The van der Waals surface area contributed by atoms with E-state index in [-0.39, 0.29) is 12.5 Å². The molecule has 2 N–H and O–H groups in total. The predicted octanol–water partition coefficient (Wildman–Crippen LogP) is 3.55. The fraction of sp³-hybridized carbons (Fsp3) is 0.696. The summed E-state index contributed by atoms with van der Waals surface area (Å²) in [5.74, 6) is 2.45. The van der Waals surface area contributed by atoms with Crippen LogP contribution in [-0.2, 0) is 9.53 Å². The van der Waals surface area contributed by atoms with Crippen LogP contribution < -0.4 is 0 Å². The summed E-state index contributed by atoms with van der Waals surface area (Å²) in [6.07, 6.45) is 12.8. The van der Waals surface area contributed by atoms with E-state index in [2.05, 4.69) is 19.1 Å². The maximum Gasteiger partial charge on any atom is 0.137 e. The van der Waals surface area contributed by atoms with Gasteiger partial charge < -0.3 is 14.9 Å². The van der Waals surface area contributed by atoms with Gasteiger partial charge in [0.1, 0.15) is 5.78 Å². The molecule has 0 heterocycles. The Hall–Kier alpha value is -1.39. The number of hydrogen-bond acceptors (Lipinski definition) is 4. The van der Waals surface area contributed by atoms with E-state index in [0.717, 1.165) is 31.4 Å². The zero-order valence-electron chi connectivity index (χ0n) is 16.5. The number of ether oxygens (including phenoxy) is 1. The molecule has 0 saturated heterocycles. The number of ketones is 1. The minimum Gasteiger partial charge on any atom is -0.498 e. The van der Waals surface area contributed by atoms with Gasteiger partial charge in [0.15, 0.2) is 0 Å². The molecule has 0 bridgehead atoms. The van der Waals surface area contributed by atoms with Gasteiger partial charge in [0.25, 0.3) is 0 Å². The van der Waals surface area contributed by atoms with Gasteiger partial charge in [0.05, 0.1) is 24.6 Å². The molecule has 4 aliphatic rings. The van der Waals surface area contributed by atoms with Gasteiger partial charge in [-0.2, -0.15) is 0 Å². The van der Waals surface area contributed by atoms with E-state index >= 15 is 0 Å². The molecule has 4 nitrogen and oxygen atoms in total. The topological polar surface area (TPSA) is 66.8 Å². The zero-order valence-corrected chi connectivity index (χ0v) is 16.5. The number of allylic oxidation sites excluding steroid dienone is 4. The third kappa shape index (κ3) is 2.84. The molecule has 4 rings (SSSR count). The van der Waals surface area contributed by atoms with Crippen LogP contribution in [0.1, 0.15) is 52.4 Å². The molecule has 0 spiro atoms. The highest BCUT2D eigenvalue weighted by Gasteiger charge is 2.63. The second kappa shape index (κ2) is 6.89. The second-order valence-electron chi connectivity index (χ2n) is 9.03. The molecule has 4 heteroatoms. The summed E-state index contributed by atoms with van der Waals surface area (Å²) in [5, 5.41) is 20.5. The van der Waals surface area contributed by atoms with Crippen LogP contribution in [0.3, 0.4) is 0 Å². The number of aliphatic hydroxyl groups excluding tert-OH is 1. The van der Waals surface area contributed by atoms with Crippen molar-refractivity contribution in [2.45, 2.75) is 58.0 Å². The van der Waals surface area contributed by atoms with Crippen molar-refractivity contribution in [3.63, 3.8) is 0 Å². The number of fused-ring (bicyclic) bond motifs is 5. The molecule has 6 atom stereocenters. The Balaban J connectivity index is 1.65. The molecule has 0 aromatic carbocycles. The van der Waals surface area contributed by atoms with Crippen molar-refractivity contribution in [2.24, 2.45) is 29.1 Å². The van der Waals surface area contributed by atoms with Crippen LogP contribution in [-0.4, -0.2) is 34.8 Å². The van der Waals surface area contributed by atoms with E-state index in [1.54, 1.807) is 12.2 Å². The maximum absolute atomic E-state index is 13.3. The second-order valence-corrected chi connectivity index (χ2v) is 9.03. The predicted molar refractivity (Wildman–Crippen MR) is 104 cm³/mol. The Morgan fingerprint density at radius 2 is 2.19 bits per heavy atom. The number of Topliss-reactive ketones (excluding diaryl/α,β-unsaturated/α-hetero) is 1. The van der Waals surface area contributed by atoms with Crippen LogP contribution in [0.2, 0.25) is 0 Å². The first kappa shape index (κ1) is 18.9. The quantitative estimate of drug-likeness (QED) is 0.741. The summed E-state index contributed by atoms with van der Waals surface area (Å²) in [6, 6.07) is 0. The average molecular weight is 373 g/mol. The normalized spacial score (nSPS) is 43.6. The summed E-state index contributed by atoms with van der Waals surface area (Å²) in [4.78, 5) is 13.3. The SMILES string of the molecule is CCOC1=CC2=CC[C@@H]3[C@H](C(=O)C[C@@]4(C)[C@H]3CC[C@@]4(O)/C=C\CO)[C@H]2CC1. The highest BCUT2D eigenvalue weighted by molar-refractivity contribution is 5.84. The zero-order chi connectivity index (χ0) is 19.2. The van der Waals surface area contributed by atoms with Crippen molar-refractivity contribution in [1.82, 2.24) is 0 Å². The minimum absolute atomic E-state index is 0.0777. The summed E-state index contributed by atoms with van der Waals surface area (Å²) < 4.78 is 5.72. The lowest BCUT2D eigenvalue weighted by Gasteiger charge is -2.53. The van der Waals surface area contributed by atoms with Crippen LogP contribution >= 0.6 is 0 Å². The Kier molecular flexibility index (Phi) is 4.84. The minimum atomic E-state index is -0.986. The van der Waals surface area contributed by atoms with Crippen LogP contribution in [0, 0.1) is 29.1 Å². The Morgan fingerprint density at radius 3 is 2.93 bits per heavy atom. The molecular formula is C23H32O4. The summed E-state index contributed by atoms with van der Waals surface area (Å²) in [6.45, 7) is 4.71. The van der Waals surface area contributed by atoms with Gasteiger partial charge in [-0.3, -0.25) is 4.79 Å². The van der Waals surface area contributed by atoms with Gasteiger partial charge in [0.2, 0.25) is 0 Å². The number of carbonyl (C=O) groups excluding carboxylic acids is 1. The van der Waals surface area contributed by atoms with E-state index in [4.69, 9.17) is 9.84 Å². The van der Waals surface area contributed by atoms with E-state index < -0.39 is 11.0 Å². The number of aliphatic hydroxyl groups is 2. The van der Waals surface area contributed by atoms with Gasteiger partial charge in [0, 0.05) is 24.2 Å². The molecular weight excluding hydrogens is 340 g/mol. The van der Waals surface area contributed by atoms with Gasteiger partial charge >= 0.3 is 0 Å². The Bertz CT molecular complexity index is 705. The molecule has 148 valence electrons. The van der Waals surface area contributed by atoms with Crippen molar-refractivity contribution in [2.75, 3.05) is 13.2 Å². The third-order valence-electron chi connectivity index (χ3n) is 7.88. The Morgan fingerprint density at radius 1 is 1.37 bits per heavy atom. The molecule has 27 heavy (non-hydrogen) atoms.